The van der Waals surface area contributed by atoms with Crippen LogP contribution >= 0.6 is 0 Å². The zero-order valence-electron chi connectivity index (χ0n) is 23.2. The average molecular weight is 508 g/mol. The lowest BCUT2D eigenvalue weighted by Gasteiger charge is -2.47. The second-order valence-electron chi connectivity index (χ2n) is 10.4. The standard InChI is InChI=1S/C28H41N7O2/c1-7-9-12-28(33-15-13-29-14-16-33)18-37-24-17-21(36-6)10-11-22(24)26-31-25(23(8-2)34(26)28)27-30-20(5)32-35(27)19(3)4/h10-11,17,19,29H,7-9,12-16,18H2,1-6H3. The molecule has 0 aliphatic carbocycles. The average Bonchev–Trinajstić information content (AvgIpc) is 3.46. The molecule has 9 nitrogen and oxygen atoms in total. The molecule has 1 fully saturated rings. The van der Waals surface area contributed by atoms with Gasteiger partial charge < -0.3 is 19.4 Å². The van der Waals surface area contributed by atoms with Gasteiger partial charge in [0, 0.05) is 38.3 Å². The first-order chi connectivity index (χ1) is 17.9. The van der Waals surface area contributed by atoms with E-state index in [0.717, 1.165) is 92.1 Å². The normalized spacial score (nSPS) is 19.9. The van der Waals surface area contributed by atoms with Crippen molar-refractivity contribution in [1.29, 1.82) is 0 Å². The molecule has 0 amide bonds. The number of benzene rings is 1. The van der Waals surface area contributed by atoms with Crippen molar-refractivity contribution in [3.63, 3.8) is 0 Å². The van der Waals surface area contributed by atoms with Crippen LogP contribution in [0.1, 0.15) is 64.5 Å². The van der Waals surface area contributed by atoms with Crippen molar-refractivity contribution in [3.05, 3.63) is 29.7 Å². The minimum atomic E-state index is -0.353. The molecule has 5 rings (SSSR count). The zero-order chi connectivity index (χ0) is 26.2. The van der Waals surface area contributed by atoms with Crippen LogP contribution in [0, 0.1) is 6.92 Å². The van der Waals surface area contributed by atoms with Gasteiger partial charge in [-0.2, -0.15) is 5.10 Å². The Balaban J connectivity index is 1.82. The topological polar surface area (TPSA) is 82.3 Å². The first kappa shape index (κ1) is 25.7. The van der Waals surface area contributed by atoms with Gasteiger partial charge in [-0.3, -0.25) is 4.90 Å². The summed E-state index contributed by atoms with van der Waals surface area (Å²) in [7, 11) is 1.69. The summed E-state index contributed by atoms with van der Waals surface area (Å²) in [5.41, 5.74) is 2.74. The molecule has 0 spiro atoms. The van der Waals surface area contributed by atoms with Crippen LogP contribution in [-0.4, -0.2) is 69.1 Å². The fraction of sp³-hybridized carbons (Fsp3) is 0.607. The Morgan fingerprint density at radius 2 is 1.92 bits per heavy atom. The Morgan fingerprint density at radius 1 is 1.14 bits per heavy atom. The molecule has 2 aliphatic heterocycles. The van der Waals surface area contributed by atoms with Gasteiger partial charge in [0.2, 0.25) is 0 Å². The number of hydrogen-bond acceptors (Lipinski definition) is 7. The molecule has 0 saturated carbocycles. The van der Waals surface area contributed by atoms with Crippen LogP contribution in [0.4, 0.5) is 0 Å². The van der Waals surface area contributed by atoms with E-state index >= 15 is 0 Å². The van der Waals surface area contributed by atoms with E-state index in [1.807, 2.05) is 23.7 Å². The van der Waals surface area contributed by atoms with Crippen molar-refractivity contribution in [2.45, 2.75) is 72.0 Å². The summed E-state index contributed by atoms with van der Waals surface area (Å²) in [6.07, 6.45) is 4.04. The van der Waals surface area contributed by atoms with Crippen LogP contribution in [0.2, 0.25) is 0 Å². The number of methoxy groups -OCH3 is 1. The first-order valence-corrected chi connectivity index (χ1v) is 13.8. The molecule has 1 atom stereocenters. The molecule has 200 valence electrons. The molecule has 2 aromatic heterocycles. The van der Waals surface area contributed by atoms with Crippen molar-refractivity contribution in [2.75, 3.05) is 39.9 Å². The smallest absolute Gasteiger partial charge is 0.179 e. The Labute approximate surface area is 220 Å². The lowest BCUT2D eigenvalue weighted by atomic mass is 9.98. The molecule has 2 aliphatic rings. The van der Waals surface area contributed by atoms with Gasteiger partial charge in [-0.1, -0.05) is 20.3 Å². The van der Waals surface area contributed by atoms with Crippen LogP contribution in [-0.2, 0) is 12.1 Å². The van der Waals surface area contributed by atoms with Crippen LogP contribution in [0.15, 0.2) is 18.2 Å². The number of nitrogens with one attached hydrogen (secondary N) is 1. The number of aromatic nitrogens is 5. The van der Waals surface area contributed by atoms with Crippen molar-refractivity contribution in [2.24, 2.45) is 0 Å². The fourth-order valence-corrected chi connectivity index (χ4v) is 5.85. The highest BCUT2D eigenvalue weighted by Gasteiger charge is 2.45. The zero-order valence-corrected chi connectivity index (χ0v) is 23.2. The van der Waals surface area contributed by atoms with E-state index < -0.39 is 0 Å². The SMILES string of the molecule is CCCCC1(N2CCNCC2)COc2cc(OC)ccc2-c2nc(-c3nc(C)nn3C(C)C)c(CC)n21. The summed E-state index contributed by atoms with van der Waals surface area (Å²) < 4.78 is 16.8. The highest BCUT2D eigenvalue weighted by atomic mass is 16.5. The quantitative estimate of drug-likeness (QED) is 0.484. The van der Waals surface area contributed by atoms with Gasteiger partial charge in [0.05, 0.1) is 18.4 Å². The van der Waals surface area contributed by atoms with Gasteiger partial charge in [-0.25, -0.2) is 14.6 Å². The Kier molecular flexibility index (Phi) is 7.27. The van der Waals surface area contributed by atoms with Gasteiger partial charge in [0.25, 0.3) is 0 Å². The van der Waals surface area contributed by atoms with Gasteiger partial charge in [-0.05, 0) is 52.2 Å². The van der Waals surface area contributed by atoms with Crippen LogP contribution in [0.25, 0.3) is 22.9 Å². The maximum absolute atomic E-state index is 6.67. The molecule has 1 aromatic carbocycles. The van der Waals surface area contributed by atoms with E-state index in [1.165, 1.54) is 5.69 Å². The summed E-state index contributed by atoms with van der Waals surface area (Å²) in [6.45, 7) is 15.1. The predicted octanol–water partition coefficient (Wildman–Crippen LogP) is 4.41. The van der Waals surface area contributed by atoms with Gasteiger partial charge in [-0.15, -0.1) is 0 Å². The molecule has 1 unspecified atom stereocenters. The third-order valence-electron chi connectivity index (χ3n) is 7.69. The molecule has 37 heavy (non-hydrogen) atoms. The maximum atomic E-state index is 6.67. The Hall–Kier alpha value is -2.91. The van der Waals surface area contributed by atoms with E-state index in [9.17, 15) is 0 Å². The molecule has 3 aromatic rings. The lowest BCUT2D eigenvalue weighted by Crippen LogP contribution is -2.60. The third kappa shape index (κ3) is 4.42. The van der Waals surface area contributed by atoms with E-state index in [4.69, 9.17) is 24.5 Å². The first-order valence-electron chi connectivity index (χ1n) is 13.8. The summed E-state index contributed by atoms with van der Waals surface area (Å²) >= 11 is 0. The number of imidazole rings is 1. The molecule has 1 N–H and O–H groups in total. The monoisotopic (exact) mass is 507 g/mol. The van der Waals surface area contributed by atoms with E-state index in [2.05, 4.69) is 48.5 Å². The number of hydrogen-bond donors (Lipinski definition) is 1. The van der Waals surface area contributed by atoms with Crippen LogP contribution in [0.3, 0.4) is 0 Å². The molecule has 0 bridgehead atoms. The molecule has 9 heteroatoms. The van der Waals surface area contributed by atoms with Crippen LogP contribution in [0.5, 0.6) is 11.5 Å². The van der Waals surface area contributed by atoms with Crippen molar-refractivity contribution in [1.82, 2.24) is 34.5 Å². The molecule has 1 saturated heterocycles. The Morgan fingerprint density at radius 3 is 2.59 bits per heavy atom. The molecule has 0 radical (unpaired) electrons. The summed E-state index contributed by atoms with van der Waals surface area (Å²) in [4.78, 5) is 12.9. The minimum Gasteiger partial charge on any atom is -0.497 e. The van der Waals surface area contributed by atoms with Gasteiger partial charge >= 0.3 is 0 Å². The number of fused-ring (bicyclic) bond motifs is 3. The van der Waals surface area contributed by atoms with Crippen molar-refractivity contribution in [3.8, 4) is 34.4 Å². The lowest BCUT2D eigenvalue weighted by molar-refractivity contribution is -0.0369. The molecular formula is C28H41N7O2. The highest BCUT2D eigenvalue weighted by molar-refractivity contribution is 5.71. The maximum Gasteiger partial charge on any atom is 0.179 e. The van der Waals surface area contributed by atoms with Crippen molar-refractivity contribution >= 4 is 0 Å². The van der Waals surface area contributed by atoms with Gasteiger partial charge in [0.1, 0.15) is 41.1 Å². The number of ether oxygens (including phenoxy) is 2. The van der Waals surface area contributed by atoms with Crippen molar-refractivity contribution < 1.29 is 9.47 Å². The summed E-state index contributed by atoms with van der Waals surface area (Å²) in [5.74, 6) is 4.14. The van der Waals surface area contributed by atoms with E-state index in [1.54, 1.807) is 7.11 Å². The number of piperazine rings is 1. The number of rotatable bonds is 8. The number of aryl methyl sites for hydroxylation is 1. The largest absolute Gasteiger partial charge is 0.497 e. The van der Waals surface area contributed by atoms with Gasteiger partial charge in [0.15, 0.2) is 5.82 Å². The second-order valence-corrected chi connectivity index (χ2v) is 10.4. The summed E-state index contributed by atoms with van der Waals surface area (Å²) in [5, 5.41) is 8.26. The molecule has 4 heterocycles. The molecular weight excluding hydrogens is 466 g/mol. The minimum absolute atomic E-state index is 0.181. The fourth-order valence-electron chi connectivity index (χ4n) is 5.85. The predicted molar refractivity (Wildman–Crippen MR) is 145 cm³/mol. The second kappa shape index (κ2) is 10.5. The van der Waals surface area contributed by atoms with Crippen LogP contribution < -0.4 is 14.8 Å². The third-order valence-corrected chi connectivity index (χ3v) is 7.69. The number of nitrogens with zero attached hydrogens (tertiary/aromatic N) is 6. The van der Waals surface area contributed by atoms with E-state index in [-0.39, 0.29) is 11.7 Å². The number of unbranched alkanes of at least 4 members (excludes halogenated alkanes) is 1. The Bertz CT molecular complexity index is 1240. The summed E-state index contributed by atoms with van der Waals surface area (Å²) in [6, 6.07) is 6.26. The van der Waals surface area contributed by atoms with E-state index in [0.29, 0.717) is 6.61 Å². The highest BCUT2D eigenvalue weighted by Crippen LogP contribution is 2.45.